The Bertz CT molecular complexity index is 793. The molecule has 7 nitrogen and oxygen atoms in total. The van der Waals surface area contributed by atoms with Crippen LogP contribution in [0, 0.1) is 0 Å². The van der Waals surface area contributed by atoms with Crippen LogP contribution in [0.2, 0.25) is 0 Å². The molecule has 1 amide bonds. The molecule has 0 radical (unpaired) electrons. The molecule has 2 aliphatic heterocycles. The number of hydrogen-bond acceptors (Lipinski definition) is 6. The minimum Gasteiger partial charge on any atom is -0.339 e. The summed E-state index contributed by atoms with van der Waals surface area (Å²) in [5.41, 5.74) is 0.775. The van der Waals surface area contributed by atoms with Crippen molar-refractivity contribution in [2.24, 2.45) is 0 Å². The number of thiazole rings is 1. The van der Waals surface area contributed by atoms with Gasteiger partial charge in [0.05, 0.1) is 11.7 Å². The SMILES string of the molecule is Cl.O=C(C1CCCN1)N1CCN(Cc2cc(=O)n3ccsc3n2)CC1. The molecule has 0 bridgehead atoms. The molecule has 1 N–H and O–H groups in total. The Labute approximate surface area is 156 Å². The van der Waals surface area contributed by atoms with Crippen molar-refractivity contribution in [1.82, 2.24) is 24.5 Å². The first-order chi connectivity index (χ1) is 11.7. The van der Waals surface area contributed by atoms with Crippen molar-refractivity contribution in [2.45, 2.75) is 25.4 Å². The van der Waals surface area contributed by atoms with E-state index in [4.69, 9.17) is 0 Å². The summed E-state index contributed by atoms with van der Waals surface area (Å²) in [4.78, 5) is 34.0. The lowest BCUT2D eigenvalue weighted by molar-refractivity contribution is -0.134. The van der Waals surface area contributed by atoms with Crippen LogP contribution >= 0.6 is 23.7 Å². The lowest BCUT2D eigenvalue weighted by Gasteiger charge is -2.35. The number of rotatable bonds is 3. The molecule has 1 unspecified atom stereocenters. The van der Waals surface area contributed by atoms with Gasteiger partial charge in [0.1, 0.15) is 0 Å². The Hall–Kier alpha value is -1.48. The summed E-state index contributed by atoms with van der Waals surface area (Å²) >= 11 is 1.47. The number of nitrogens with one attached hydrogen (secondary N) is 1. The molecule has 25 heavy (non-hydrogen) atoms. The highest BCUT2D eigenvalue weighted by molar-refractivity contribution is 7.15. The first-order valence-electron chi connectivity index (χ1n) is 8.41. The smallest absolute Gasteiger partial charge is 0.258 e. The van der Waals surface area contributed by atoms with Gasteiger partial charge in [0.25, 0.3) is 5.56 Å². The van der Waals surface area contributed by atoms with Crippen LogP contribution in [-0.4, -0.2) is 63.9 Å². The molecule has 4 heterocycles. The molecule has 9 heteroatoms. The maximum absolute atomic E-state index is 12.4. The third-order valence-electron chi connectivity index (χ3n) is 4.78. The zero-order chi connectivity index (χ0) is 16.5. The number of piperazine rings is 1. The summed E-state index contributed by atoms with van der Waals surface area (Å²) in [5.74, 6) is 0.239. The van der Waals surface area contributed by atoms with Crippen LogP contribution in [0.1, 0.15) is 18.5 Å². The minimum absolute atomic E-state index is 0. The van der Waals surface area contributed by atoms with Crippen LogP contribution in [-0.2, 0) is 11.3 Å². The average Bonchev–Trinajstić information content (AvgIpc) is 3.26. The standard InChI is InChI=1S/C16H21N5O2S.ClH/c22-14-10-12(18-16-21(14)8-9-24-16)11-19-4-6-20(7-5-19)15(23)13-2-1-3-17-13;/h8-10,13,17H,1-7,11H2;1H. The summed E-state index contributed by atoms with van der Waals surface area (Å²) in [6.07, 6.45) is 3.79. The zero-order valence-electron chi connectivity index (χ0n) is 13.9. The molecule has 0 saturated carbocycles. The van der Waals surface area contributed by atoms with E-state index in [1.165, 1.54) is 11.3 Å². The Balaban J connectivity index is 0.00000182. The maximum atomic E-state index is 12.4. The van der Waals surface area contributed by atoms with E-state index in [9.17, 15) is 9.59 Å². The molecule has 2 fully saturated rings. The molecule has 0 spiro atoms. The molecule has 0 aromatic carbocycles. The predicted molar refractivity (Wildman–Crippen MR) is 99.5 cm³/mol. The number of amides is 1. The largest absolute Gasteiger partial charge is 0.339 e. The Kier molecular flexibility index (Phi) is 5.73. The van der Waals surface area contributed by atoms with Crippen LogP contribution in [0.25, 0.3) is 4.96 Å². The number of nitrogens with zero attached hydrogens (tertiary/aromatic N) is 4. The Morgan fingerprint density at radius 3 is 2.84 bits per heavy atom. The lowest BCUT2D eigenvalue weighted by Crippen LogP contribution is -2.52. The molecule has 136 valence electrons. The van der Waals surface area contributed by atoms with Gasteiger partial charge in [-0.05, 0) is 19.4 Å². The third-order valence-corrected chi connectivity index (χ3v) is 5.54. The van der Waals surface area contributed by atoms with Crippen molar-refractivity contribution in [2.75, 3.05) is 32.7 Å². The van der Waals surface area contributed by atoms with E-state index in [-0.39, 0.29) is 29.9 Å². The van der Waals surface area contributed by atoms with Gasteiger partial charge in [0.15, 0.2) is 4.96 Å². The van der Waals surface area contributed by atoms with Gasteiger partial charge in [-0.2, -0.15) is 0 Å². The van der Waals surface area contributed by atoms with Gasteiger partial charge >= 0.3 is 0 Å². The van der Waals surface area contributed by atoms with E-state index in [0.29, 0.717) is 6.54 Å². The second-order valence-corrected chi connectivity index (χ2v) is 7.26. The fourth-order valence-corrected chi connectivity index (χ4v) is 4.18. The van der Waals surface area contributed by atoms with Crippen molar-refractivity contribution < 1.29 is 4.79 Å². The summed E-state index contributed by atoms with van der Waals surface area (Å²) in [5, 5.41) is 5.14. The highest BCUT2D eigenvalue weighted by Crippen LogP contribution is 2.13. The highest BCUT2D eigenvalue weighted by Gasteiger charge is 2.29. The third kappa shape index (κ3) is 3.87. The topological polar surface area (TPSA) is 70.0 Å². The molecule has 2 aliphatic rings. The second-order valence-electron chi connectivity index (χ2n) is 6.39. The number of aromatic nitrogens is 2. The molecule has 4 rings (SSSR count). The van der Waals surface area contributed by atoms with E-state index in [1.807, 2.05) is 10.3 Å². The molecule has 2 aromatic rings. The molecule has 2 saturated heterocycles. The summed E-state index contributed by atoms with van der Waals surface area (Å²) in [6.45, 7) is 4.75. The van der Waals surface area contributed by atoms with Crippen LogP contribution in [0.3, 0.4) is 0 Å². The van der Waals surface area contributed by atoms with Crippen molar-refractivity contribution in [3.05, 3.63) is 33.7 Å². The van der Waals surface area contributed by atoms with Gasteiger partial charge in [0.2, 0.25) is 5.91 Å². The fraction of sp³-hybridized carbons (Fsp3) is 0.562. The van der Waals surface area contributed by atoms with Crippen LogP contribution < -0.4 is 10.9 Å². The Morgan fingerprint density at radius 1 is 1.32 bits per heavy atom. The van der Waals surface area contributed by atoms with E-state index < -0.39 is 0 Å². The van der Waals surface area contributed by atoms with Gasteiger partial charge in [-0.3, -0.25) is 18.9 Å². The lowest BCUT2D eigenvalue weighted by atomic mass is 10.2. The predicted octanol–water partition coefficient (Wildman–Crippen LogP) is 0.574. The highest BCUT2D eigenvalue weighted by atomic mass is 35.5. The van der Waals surface area contributed by atoms with Gasteiger partial charge < -0.3 is 10.2 Å². The number of carbonyl (C=O) groups is 1. The van der Waals surface area contributed by atoms with E-state index in [2.05, 4.69) is 15.2 Å². The van der Waals surface area contributed by atoms with E-state index in [1.54, 1.807) is 16.7 Å². The first kappa shape index (κ1) is 18.3. The van der Waals surface area contributed by atoms with Gasteiger partial charge in [-0.15, -0.1) is 23.7 Å². The summed E-state index contributed by atoms with van der Waals surface area (Å²) in [7, 11) is 0. The van der Waals surface area contributed by atoms with Gasteiger partial charge in [-0.1, -0.05) is 0 Å². The van der Waals surface area contributed by atoms with E-state index in [0.717, 1.165) is 56.2 Å². The number of hydrogen-bond donors (Lipinski definition) is 1. The van der Waals surface area contributed by atoms with Gasteiger partial charge in [0, 0.05) is 50.4 Å². The van der Waals surface area contributed by atoms with Crippen LogP contribution in [0.5, 0.6) is 0 Å². The van der Waals surface area contributed by atoms with Gasteiger partial charge in [-0.25, -0.2) is 4.98 Å². The molecule has 2 aromatic heterocycles. The van der Waals surface area contributed by atoms with Crippen molar-refractivity contribution in [1.29, 1.82) is 0 Å². The monoisotopic (exact) mass is 383 g/mol. The van der Waals surface area contributed by atoms with Crippen molar-refractivity contribution >= 4 is 34.6 Å². The minimum atomic E-state index is -0.0302. The zero-order valence-corrected chi connectivity index (χ0v) is 15.5. The number of halogens is 1. The van der Waals surface area contributed by atoms with Crippen LogP contribution in [0.15, 0.2) is 22.4 Å². The van der Waals surface area contributed by atoms with Crippen molar-refractivity contribution in [3.8, 4) is 0 Å². The van der Waals surface area contributed by atoms with Crippen molar-refractivity contribution in [3.63, 3.8) is 0 Å². The Morgan fingerprint density at radius 2 is 2.12 bits per heavy atom. The first-order valence-corrected chi connectivity index (χ1v) is 9.29. The molecule has 1 atom stereocenters. The number of fused-ring (bicyclic) bond motifs is 1. The summed E-state index contributed by atoms with van der Waals surface area (Å²) < 4.78 is 1.57. The second kappa shape index (κ2) is 7.82. The maximum Gasteiger partial charge on any atom is 0.258 e. The fourth-order valence-electron chi connectivity index (χ4n) is 3.44. The van der Waals surface area contributed by atoms with E-state index >= 15 is 0 Å². The average molecular weight is 384 g/mol. The van der Waals surface area contributed by atoms with Crippen LogP contribution in [0.4, 0.5) is 0 Å². The normalized spacial score (nSPS) is 21.4. The molecular weight excluding hydrogens is 362 g/mol. The number of carbonyl (C=O) groups excluding carboxylic acids is 1. The quantitative estimate of drug-likeness (QED) is 0.839. The molecule has 0 aliphatic carbocycles. The molecular formula is C16H22ClN5O2S. The summed E-state index contributed by atoms with van der Waals surface area (Å²) in [6, 6.07) is 1.62.